The van der Waals surface area contributed by atoms with Crippen LogP contribution < -0.4 is 0 Å². The first-order chi connectivity index (χ1) is 3.91. The summed E-state index contributed by atoms with van der Waals surface area (Å²) in [6.45, 7) is 0. The maximum atomic E-state index is 8.62. The molecular weight excluding hydrogens is 140 g/mol. The van der Waals surface area contributed by atoms with Crippen molar-refractivity contribution >= 4 is 4.75 Å². The van der Waals surface area contributed by atoms with Crippen LogP contribution in [0.15, 0.2) is 30.3 Å². The number of hydrogen-bond acceptors (Lipinski definition) is 1. The quantitative estimate of drug-likeness (QED) is 0.498. The Morgan fingerprint density at radius 1 is 1.38 bits per heavy atom. The van der Waals surface area contributed by atoms with Crippen molar-refractivity contribution in [2.45, 2.75) is 0 Å². The van der Waals surface area contributed by atoms with Gasteiger partial charge in [0.15, 0.2) is 0 Å². The molecule has 8 heavy (non-hydrogen) atoms. The first kappa shape index (κ1) is 7.46. The summed E-state index contributed by atoms with van der Waals surface area (Å²) in [6, 6.07) is 10.0. The van der Waals surface area contributed by atoms with Crippen molar-refractivity contribution in [3.8, 4) is 0 Å². The van der Waals surface area contributed by atoms with Gasteiger partial charge in [0, 0.05) is 0 Å². The van der Waals surface area contributed by atoms with Crippen LogP contribution in [0.5, 0.6) is 0 Å². The second-order valence-corrected chi connectivity index (χ2v) is 1.31. The van der Waals surface area contributed by atoms with E-state index in [4.69, 9.17) is 4.79 Å². The Morgan fingerprint density at radius 2 is 1.75 bits per heavy atom. The maximum Gasteiger partial charge on any atom is -0.172 e. The maximum absolute atomic E-state index is 8.62. The van der Waals surface area contributed by atoms with Crippen LogP contribution >= 0.6 is 0 Å². The molecule has 0 aliphatic carbocycles. The first-order valence-electron chi connectivity index (χ1n) is 2.07. The Morgan fingerprint density at radius 3 is 1.88 bits per heavy atom. The van der Waals surface area contributed by atoms with Gasteiger partial charge >= 0.3 is 25.4 Å². The molecule has 0 N–H and O–H groups in total. The summed E-state index contributed by atoms with van der Waals surface area (Å²) in [6.07, 6.45) is 0. The van der Waals surface area contributed by atoms with Crippen LogP contribution in [0.2, 0.25) is 0 Å². The molecule has 0 heterocycles. The normalized spacial score (nSPS) is 6.00. The first-order valence-corrected chi connectivity index (χ1v) is 2.71. The van der Waals surface area contributed by atoms with Gasteiger partial charge in [0.2, 0.25) is 0 Å². The molecule has 0 spiro atoms. The van der Waals surface area contributed by atoms with Gasteiger partial charge < -0.3 is 0 Å². The fourth-order valence-corrected chi connectivity index (χ4v) is 0.321. The predicted molar refractivity (Wildman–Crippen MR) is 27.7 cm³/mol. The molecule has 42 valence electrons. The van der Waals surface area contributed by atoms with E-state index in [1.165, 1.54) is 4.75 Å². The molecule has 0 aliphatic rings. The Labute approximate surface area is 56.3 Å². The largest absolute Gasteiger partial charge is 0.214 e. The van der Waals surface area contributed by atoms with Gasteiger partial charge in [-0.2, -0.15) is 18.2 Å². The SMILES string of the molecule is O=[C]=[Cr].c1cc[cH-]c1. The molecule has 0 radical (unpaired) electrons. The average Bonchev–Trinajstić information content (AvgIpc) is 2.17. The van der Waals surface area contributed by atoms with Crippen molar-refractivity contribution in [2.24, 2.45) is 0 Å². The third kappa shape index (κ3) is 5.46. The van der Waals surface area contributed by atoms with Gasteiger partial charge in [0.05, 0.1) is 0 Å². The van der Waals surface area contributed by atoms with E-state index in [0.717, 1.165) is 0 Å². The molecule has 2 heteroatoms. The molecule has 0 atom stereocenters. The van der Waals surface area contributed by atoms with Crippen molar-refractivity contribution in [1.29, 1.82) is 0 Å². The summed E-state index contributed by atoms with van der Waals surface area (Å²) < 4.78 is 1.38. The van der Waals surface area contributed by atoms with Gasteiger partial charge in [-0.15, -0.1) is 0 Å². The Hall–Kier alpha value is -0.538. The minimum atomic E-state index is 1.38. The Bertz CT molecular complexity index is 120. The van der Waals surface area contributed by atoms with Crippen LogP contribution in [0.3, 0.4) is 0 Å². The molecular formula is C6H5CrO-. The molecule has 0 aromatic heterocycles. The van der Waals surface area contributed by atoms with E-state index in [2.05, 4.69) is 0 Å². The second kappa shape index (κ2) is 6.46. The zero-order valence-corrected chi connectivity index (χ0v) is 5.48. The molecule has 0 aliphatic heterocycles. The van der Waals surface area contributed by atoms with Crippen LogP contribution in [0.4, 0.5) is 0 Å². The van der Waals surface area contributed by atoms with E-state index in [1.54, 1.807) is 0 Å². The van der Waals surface area contributed by atoms with E-state index in [1.807, 2.05) is 46.2 Å². The molecule has 0 amide bonds. The third-order valence-electron chi connectivity index (χ3n) is 0.556. The minimum Gasteiger partial charge on any atom is -0.214 e. The number of rotatable bonds is 0. The monoisotopic (exact) mass is 145 g/mol. The zero-order chi connectivity index (χ0) is 6.24. The topological polar surface area (TPSA) is 17.1 Å². The zero-order valence-electron chi connectivity index (χ0n) is 4.20. The molecule has 0 fully saturated rings. The van der Waals surface area contributed by atoms with Crippen LogP contribution in [0.25, 0.3) is 0 Å². The van der Waals surface area contributed by atoms with Crippen LogP contribution in [0.1, 0.15) is 0 Å². The molecule has 0 unspecified atom stereocenters. The van der Waals surface area contributed by atoms with Gasteiger partial charge in [-0.3, -0.25) is 0 Å². The van der Waals surface area contributed by atoms with E-state index in [9.17, 15) is 0 Å². The summed E-state index contributed by atoms with van der Waals surface area (Å²) in [7, 11) is 0. The molecule has 0 saturated heterocycles. The molecule has 0 saturated carbocycles. The summed E-state index contributed by atoms with van der Waals surface area (Å²) in [4.78, 5) is 8.62. The Balaban J connectivity index is 0.000000145. The summed E-state index contributed by atoms with van der Waals surface area (Å²) in [5.41, 5.74) is 0. The third-order valence-corrected chi connectivity index (χ3v) is 0.556. The van der Waals surface area contributed by atoms with Gasteiger partial charge in [-0.1, -0.05) is 0 Å². The fourth-order valence-electron chi connectivity index (χ4n) is 0.321. The van der Waals surface area contributed by atoms with E-state index in [-0.39, 0.29) is 0 Å². The molecule has 0 bridgehead atoms. The van der Waals surface area contributed by atoms with E-state index in [0.29, 0.717) is 0 Å². The van der Waals surface area contributed by atoms with Gasteiger partial charge in [-0.05, 0) is 0 Å². The molecule has 1 aromatic carbocycles. The molecule has 1 nitrogen and oxygen atoms in total. The predicted octanol–water partition coefficient (Wildman–Crippen LogP) is 1.01. The van der Waals surface area contributed by atoms with Gasteiger partial charge in [0.1, 0.15) is 0 Å². The van der Waals surface area contributed by atoms with Gasteiger partial charge in [-0.25, -0.2) is 12.1 Å². The number of hydrogen-bond donors (Lipinski definition) is 0. The molecule has 1 aromatic rings. The van der Waals surface area contributed by atoms with Crippen LogP contribution in [0, 0.1) is 0 Å². The van der Waals surface area contributed by atoms with Crippen molar-refractivity contribution in [2.75, 3.05) is 0 Å². The van der Waals surface area contributed by atoms with Crippen LogP contribution in [-0.2, 0) is 20.6 Å². The Kier molecular flexibility index (Phi) is 6.03. The van der Waals surface area contributed by atoms with Gasteiger partial charge in [0.25, 0.3) is 0 Å². The second-order valence-electron chi connectivity index (χ2n) is 1.05. The fraction of sp³-hybridized carbons (Fsp3) is 0. The minimum absolute atomic E-state index is 1.38. The average molecular weight is 145 g/mol. The summed E-state index contributed by atoms with van der Waals surface area (Å²) in [5, 5.41) is 0. The summed E-state index contributed by atoms with van der Waals surface area (Å²) in [5.74, 6) is 0. The van der Waals surface area contributed by atoms with Crippen molar-refractivity contribution in [1.82, 2.24) is 0 Å². The summed E-state index contributed by atoms with van der Waals surface area (Å²) >= 11 is 2.00. The van der Waals surface area contributed by atoms with E-state index >= 15 is 0 Å². The standard InChI is InChI=1S/C5H5.CO.Cr/c1-2-4-5-3-1;1-2;/h1-5H;;/q-1;;. The molecule has 1 rings (SSSR count). The van der Waals surface area contributed by atoms with Crippen LogP contribution in [-0.4, -0.2) is 4.75 Å². The smallest absolute Gasteiger partial charge is 0.172 e. The van der Waals surface area contributed by atoms with Crippen molar-refractivity contribution in [3.05, 3.63) is 30.3 Å². The number of carbonyl (C=O) groups excluding carboxylic acids is 1. The van der Waals surface area contributed by atoms with Crippen molar-refractivity contribution < 1.29 is 20.6 Å². The van der Waals surface area contributed by atoms with Crippen molar-refractivity contribution in [3.63, 3.8) is 0 Å². The van der Waals surface area contributed by atoms with E-state index < -0.39 is 0 Å².